The molecule has 0 unspecified atom stereocenters. The maximum Gasteiger partial charge on any atom is 0.253 e. The number of ether oxygens (including phenoxy) is 1. The number of hydrogen-bond donors (Lipinski definition) is 2. The van der Waals surface area contributed by atoms with Crippen molar-refractivity contribution in [1.29, 1.82) is 0 Å². The number of carbonyl (C=O) groups is 1. The molecule has 1 amide bonds. The molecule has 5 nitrogen and oxygen atoms in total. The minimum atomic E-state index is -0.440. The van der Waals surface area contributed by atoms with E-state index in [9.17, 15) is 4.79 Å². The van der Waals surface area contributed by atoms with Gasteiger partial charge in [-0.2, -0.15) is 0 Å². The van der Waals surface area contributed by atoms with Crippen LogP contribution in [-0.4, -0.2) is 36.7 Å². The molecule has 1 aromatic heterocycles. The summed E-state index contributed by atoms with van der Waals surface area (Å²) in [5, 5.41) is 2.88. The Labute approximate surface area is 113 Å². The van der Waals surface area contributed by atoms with E-state index in [1.54, 1.807) is 19.4 Å². The Morgan fingerprint density at radius 3 is 2.89 bits per heavy atom. The summed E-state index contributed by atoms with van der Waals surface area (Å²) in [5.74, 6) is 5.37. The maximum atomic E-state index is 12.1. The van der Waals surface area contributed by atoms with Crippen LogP contribution in [0.15, 0.2) is 18.5 Å². The first kappa shape index (κ1) is 15.2. The van der Waals surface area contributed by atoms with E-state index in [-0.39, 0.29) is 12.5 Å². The molecular formula is C14H19N3O2. The molecule has 0 saturated heterocycles. The molecule has 0 aliphatic heterocycles. The highest BCUT2D eigenvalue weighted by Gasteiger charge is 2.21. The molecule has 1 heterocycles. The minimum Gasteiger partial charge on any atom is -0.382 e. The zero-order chi connectivity index (χ0) is 14.3. The summed E-state index contributed by atoms with van der Waals surface area (Å²) in [6, 6.07) is 1.69. The summed E-state index contributed by atoms with van der Waals surface area (Å²) < 4.78 is 5.05. The van der Waals surface area contributed by atoms with Crippen molar-refractivity contribution in [3.8, 4) is 11.8 Å². The standard InChI is InChI=1S/C14H19N3O2/c1-14(2,10-19-3)17-13(18)12-7-11(5-4-6-15)8-16-9-12/h7-9H,6,10,15H2,1-3H3,(H,17,18). The number of nitrogens with zero attached hydrogens (tertiary/aromatic N) is 1. The van der Waals surface area contributed by atoms with Gasteiger partial charge in [0.25, 0.3) is 5.91 Å². The van der Waals surface area contributed by atoms with Gasteiger partial charge in [-0.15, -0.1) is 0 Å². The molecule has 0 radical (unpaired) electrons. The van der Waals surface area contributed by atoms with Crippen LogP contribution >= 0.6 is 0 Å². The summed E-state index contributed by atoms with van der Waals surface area (Å²) >= 11 is 0. The zero-order valence-corrected chi connectivity index (χ0v) is 11.5. The fourth-order valence-corrected chi connectivity index (χ4v) is 1.56. The third-order valence-corrected chi connectivity index (χ3v) is 2.29. The van der Waals surface area contributed by atoms with Crippen LogP contribution in [0.3, 0.4) is 0 Å². The first-order chi connectivity index (χ1) is 8.98. The molecule has 1 rings (SSSR count). The van der Waals surface area contributed by atoms with Gasteiger partial charge in [-0.1, -0.05) is 11.8 Å². The van der Waals surface area contributed by atoms with Gasteiger partial charge in [0.05, 0.1) is 24.3 Å². The zero-order valence-electron chi connectivity index (χ0n) is 11.5. The lowest BCUT2D eigenvalue weighted by Gasteiger charge is -2.25. The van der Waals surface area contributed by atoms with E-state index in [1.807, 2.05) is 13.8 Å². The van der Waals surface area contributed by atoms with Crippen molar-refractivity contribution in [2.24, 2.45) is 5.73 Å². The van der Waals surface area contributed by atoms with Crippen molar-refractivity contribution < 1.29 is 9.53 Å². The summed E-state index contributed by atoms with van der Waals surface area (Å²) in [7, 11) is 1.60. The van der Waals surface area contributed by atoms with E-state index in [0.717, 1.165) is 0 Å². The van der Waals surface area contributed by atoms with Gasteiger partial charge in [-0.25, -0.2) is 0 Å². The van der Waals surface area contributed by atoms with Crippen LogP contribution in [0.5, 0.6) is 0 Å². The largest absolute Gasteiger partial charge is 0.382 e. The number of carbonyl (C=O) groups excluding carboxylic acids is 1. The Bertz CT molecular complexity index is 501. The second-order valence-electron chi connectivity index (χ2n) is 4.74. The van der Waals surface area contributed by atoms with Gasteiger partial charge in [0, 0.05) is 25.1 Å². The molecule has 0 aliphatic carbocycles. The van der Waals surface area contributed by atoms with Crippen LogP contribution < -0.4 is 11.1 Å². The summed E-state index contributed by atoms with van der Waals surface area (Å²) in [5.41, 5.74) is 6.00. The van der Waals surface area contributed by atoms with Crippen molar-refractivity contribution in [1.82, 2.24) is 10.3 Å². The molecule has 0 aliphatic rings. The Morgan fingerprint density at radius 1 is 1.53 bits per heavy atom. The second kappa shape index (κ2) is 6.88. The Balaban J connectivity index is 2.83. The molecular weight excluding hydrogens is 242 g/mol. The van der Waals surface area contributed by atoms with Gasteiger partial charge in [-0.05, 0) is 19.9 Å². The molecule has 19 heavy (non-hydrogen) atoms. The van der Waals surface area contributed by atoms with Gasteiger partial charge >= 0.3 is 0 Å². The highest BCUT2D eigenvalue weighted by Crippen LogP contribution is 2.07. The molecule has 0 aromatic carbocycles. The van der Waals surface area contributed by atoms with Crippen LogP contribution in [-0.2, 0) is 4.74 Å². The number of methoxy groups -OCH3 is 1. The smallest absolute Gasteiger partial charge is 0.253 e. The van der Waals surface area contributed by atoms with E-state index in [0.29, 0.717) is 17.7 Å². The highest BCUT2D eigenvalue weighted by atomic mass is 16.5. The molecule has 0 saturated carbocycles. The molecule has 5 heteroatoms. The van der Waals surface area contributed by atoms with Crippen molar-refractivity contribution in [3.63, 3.8) is 0 Å². The van der Waals surface area contributed by atoms with Crippen LogP contribution in [0.4, 0.5) is 0 Å². The number of amides is 1. The summed E-state index contributed by atoms with van der Waals surface area (Å²) in [6.45, 7) is 4.48. The normalized spacial score (nSPS) is 10.5. The number of rotatable bonds is 4. The van der Waals surface area contributed by atoms with Gasteiger partial charge in [0.2, 0.25) is 0 Å². The monoisotopic (exact) mass is 261 g/mol. The average molecular weight is 261 g/mol. The lowest BCUT2D eigenvalue weighted by atomic mass is 10.1. The van der Waals surface area contributed by atoms with Crippen LogP contribution in [0.1, 0.15) is 29.8 Å². The average Bonchev–Trinajstić information content (AvgIpc) is 2.36. The van der Waals surface area contributed by atoms with Gasteiger partial charge < -0.3 is 15.8 Å². The lowest BCUT2D eigenvalue weighted by molar-refractivity contribution is 0.0819. The summed E-state index contributed by atoms with van der Waals surface area (Å²) in [4.78, 5) is 16.1. The third-order valence-electron chi connectivity index (χ3n) is 2.29. The quantitative estimate of drug-likeness (QED) is 0.776. The second-order valence-corrected chi connectivity index (χ2v) is 4.74. The first-order valence-corrected chi connectivity index (χ1v) is 5.94. The van der Waals surface area contributed by atoms with E-state index in [1.165, 1.54) is 6.20 Å². The number of nitrogens with one attached hydrogen (secondary N) is 1. The van der Waals surface area contributed by atoms with Gasteiger partial charge in [-0.3, -0.25) is 9.78 Å². The number of nitrogens with two attached hydrogens (primary N) is 1. The Morgan fingerprint density at radius 2 is 2.26 bits per heavy atom. The van der Waals surface area contributed by atoms with Gasteiger partial charge in [0.15, 0.2) is 0 Å². The topological polar surface area (TPSA) is 77.2 Å². The van der Waals surface area contributed by atoms with E-state index in [4.69, 9.17) is 10.5 Å². The van der Waals surface area contributed by atoms with Crippen molar-refractivity contribution in [2.75, 3.05) is 20.3 Å². The summed E-state index contributed by atoms with van der Waals surface area (Å²) in [6.07, 6.45) is 3.10. The van der Waals surface area contributed by atoms with Gasteiger partial charge in [0.1, 0.15) is 0 Å². The highest BCUT2D eigenvalue weighted by molar-refractivity contribution is 5.94. The van der Waals surface area contributed by atoms with Crippen LogP contribution in [0.2, 0.25) is 0 Å². The molecule has 102 valence electrons. The lowest BCUT2D eigenvalue weighted by Crippen LogP contribution is -2.46. The van der Waals surface area contributed by atoms with Crippen molar-refractivity contribution >= 4 is 5.91 Å². The van der Waals surface area contributed by atoms with Crippen molar-refractivity contribution in [3.05, 3.63) is 29.6 Å². The van der Waals surface area contributed by atoms with E-state index < -0.39 is 5.54 Å². The Kier molecular flexibility index (Phi) is 5.49. The Hall–Kier alpha value is -1.90. The van der Waals surface area contributed by atoms with Crippen LogP contribution in [0.25, 0.3) is 0 Å². The predicted molar refractivity (Wildman–Crippen MR) is 73.6 cm³/mol. The molecule has 0 spiro atoms. The van der Waals surface area contributed by atoms with Crippen LogP contribution in [0, 0.1) is 11.8 Å². The fourth-order valence-electron chi connectivity index (χ4n) is 1.56. The van der Waals surface area contributed by atoms with E-state index in [2.05, 4.69) is 22.1 Å². The first-order valence-electron chi connectivity index (χ1n) is 5.94. The number of pyridine rings is 1. The molecule has 0 atom stereocenters. The van der Waals surface area contributed by atoms with Crippen molar-refractivity contribution in [2.45, 2.75) is 19.4 Å². The molecule has 0 fully saturated rings. The SMILES string of the molecule is COCC(C)(C)NC(=O)c1cncc(C#CCN)c1. The van der Waals surface area contributed by atoms with E-state index >= 15 is 0 Å². The maximum absolute atomic E-state index is 12.1. The number of aromatic nitrogens is 1. The third kappa shape index (κ3) is 5.08. The predicted octanol–water partition coefficient (Wildman–Crippen LogP) is 0.547. The molecule has 3 N–H and O–H groups in total. The number of hydrogen-bond acceptors (Lipinski definition) is 4. The fraction of sp³-hybridized carbons (Fsp3) is 0.429. The molecule has 0 bridgehead atoms. The minimum absolute atomic E-state index is 0.203. The molecule has 1 aromatic rings.